The predicted octanol–water partition coefficient (Wildman–Crippen LogP) is 2.65. The summed E-state index contributed by atoms with van der Waals surface area (Å²) in [6, 6.07) is 4.13. The van der Waals surface area contributed by atoms with E-state index in [4.69, 9.17) is 9.47 Å². The van der Waals surface area contributed by atoms with Crippen LogP contribution in [-0.4, -0.2) is 31.2 Å². The zero-order valence-electron chi connectivity index (χ0n) is 15.0. The second-order valence-corrected chi connectivity index (χ2v) is 7.37. The average molecular weight is 360 g/mol. The van der Waals surface area contributed by atoms with Gasteiger partial charge in [0.1, 0.15) is 22.6 Å². The quantitative estimate of drug-likeness (QED) is 0.634. The molecule has 2 N–H and O–H groups in total. The molecule has 1 aromatic carbocycles. The number of hydrogen-bond acceptors (Lipinski definition) is 5. The van der Waals surface area contributed by atoms with Gasteiger partial charge in [-0.1, -0.05) is 0 Å². The molecule has 0 aliphatic carbocycles. The maximum Gasteiger partial charge on any atom is 0.191 e. The third-order valence-electron chi connectivity index (χ3n) is 4.05. The number of ether oxygens (including phenoxy) is 2. The fourth-order valence-electron chi connectivity index (χ4n) is 2.85. The number of rotatable bonds is 5. The van der Waals surface area contributed by atoms with Crippen LogP contribution in [0, 0.1) is 6.92 Å². The smallest absolute Gasteiger partial charge is 0.191 e. The van der Waals surface area contributed by atoms with E-state index in [1.165, 1.54) is 10.4 Å². The first kappa shape index (κ1) is 17.5. The van der Waals surface area contributed by atoms with Crippen LogP contribution in [0.5, 0.6) is 11.5 Å². The van der Waals surface area contributed by atoms with E-state index in [9.17, 15) is 0 Å². The fourth-order valence-corrected chi connectivity index (χ4v) is 3.58. The molecule has 1 aliphatic rings. The number of methoxy groups -OCH3 is 1. The summed E-state index contributed by atoms with van der Waals surface area (Å²) < 4.78 is 11.4. The molecule has 7 heteroatoms. The number of hydrogen-bond donors (Lipinski definition) is 2. The number of fused-ring (bicyclic) bond motifs is 1. The second-order valence-electron chi connectivity index (χ2n) is 6.05. The molecule has 1 unspecified atom stereocenters. The highest BCUT2D eigenvalue weighted by Crippen LogP contribution is 2.34. The monoisotopic (exact) mass is 360 g/mol. The van der Waals surface area contributed by atoms with Gasteiger partial charge in [0.05, 0.1) is 13.7 Å². The van der Waals surface area contributed by atoms with Gasteiger partial charge in [-0.3, -0.25) is 4.99 Å². The van der Waals surface area contributed by atoms with Crippen LogP contribution in [0.3, 0.4) is 0 Å². The minimum Gasteiger partial charge on any atom is -0.496 e. The summed E-state index contributed by atoms with van der Waals surface area (Å²) in [4.78, 5) is 9.82. The van der Waals surface area contributed by atoms with E-state index in [-0.39, 0.29) is 6.10 Å². The molecule has 0 fully saturated rings. The van der Waals surface area contributed by atoms with Crippen molar-refractivity contribution in [2.24, 2.45) is 4.99 Å². The SMILES string of the molecule is CN=C(NCc1ncc(C)s1)NCc1cc2c(cc1OC)CC(C)O2. The summed E-state index contributed by atoms with van der Waals surface area (Å²) in [5.41, 5.74) is 2.25. The van der Waals surface area contributed by atoms with Crippen molar-refractivity contribution in [1.82, 2.24) is 15.6 Å². The Bertz CT molecular complexity index is 772. The molecule has 0 amide bonds. The number of nitrogens with zero attached hydrogens (tertiary/aromatic N) is 2. The first-order chi connectivity index (χ1) is 12.1. The van der Waals surface area contributed by atoms with Gasteiger partial charge in [0, 0.05) is 42.2 Å². The van der Waals surface area contributed by atoms with Crippen LogP contribution >= 0.6 is 11.3 Å². The van der Waals surface area contributed by atoms with Gasteiger partial charge in [-0.2, -0.15) is 0 Å². The first-order valence-corrected chi connectivity index (χ1v) is 9.13. The van der Waals surface area contributed by atoms with Crippen molar-refractivity contribution in [3.63, 3.8) is 0 Å². The van der Waals surface area contributed by atoms with Gasteiger partial charge in [-0.15, -0.1) is 11.3 Å². The lowest BCUT2D eigenvalue weighted by Gasteiger charge is -2.14. The number of aromatic nitrogens is 1. The van der Waals surface area contributed by atoms with E-state index in [0.29, 0.717) is 13.1 Å². The van der Waals surface area contributed by atoms with Crippen LogP contribution in [-0.2, 0) is 19.5 Å². The highest BCUT2D eigenvalue weighted by molar-refractivity contribution is 7.11. The van der Waals surface area contributed by atoms with E-state index in [1.807, 2.05) is 6.20 Å². The Morgan fingerprint density at radius 2 is 2.20 bits per heavy atom. The maximum absolute atomic E-state index is 5.85. The Kier molecular flexibility index (Phi) is 5.43. The van der Waals surface area contributed by atoms with Crippen molar-refractivity contribution in [1.29, 1.82) is 0 Å². The van der Waals surface area contributed by atoms with Crippen molar-refractivity contribution in [2.75, 3.05) is 14.2 Å². The summed E-state index contributed by atoms with van der Waals surface area (Å²) in [6.45, 7) is 5.39. The van der Waals surface area contributed by atoms with Crippen LogP contribution in [0.15, 0.2) is 23.3 Å². The second kappa shape index (κ2) is 7.74. The highest BCUT2D eigenvalue weighted by Gasteiger charge is 2.21. The molecule has 0 saturated carbocycles. The summed E-state index contributed by atoms with van der Waals surface area (Å²) in [6.07, 6.45) is 3.03. The predicted molar refractivity (Wildman–Crippen MR) is 101 cm³/mol. The number of guanidine groups is 1. The average Bonchev–Trinajstić information content (AvgIpc) is 3.18. The topological polar surface area (TPSA) is 67.8 Å². The van der Waals surface area contributed by atoms with E-state index in [1.54, 1.807) is 25.5 Å². The Balaban J connectivity index is 1.62. The standard InChI is InChI=1S/C18H24N4O2S/c1-11-5-13-6-15(23-4)14(7-16(13)24-11)9-21-18(19-3)22-10-17-20-8-12(2)25-17/h6-8,11H,5,9-10H2,1-4H3,(H2,19,21,22). The van der Waals surface area contributed by atoms with Crippen LogP contribution in [0.25, 0.3) is 0 Å². The lowest BCUT2D eigenvalue weighted by Crippen LogP contribution is -2.36. The summed E-state index contributed by atoms with van der Waals surface area (Å²) in [5.74, 6) is 2.55. The maximum atomic E-state index is 5.85. The summed E-state index contributed by atoms with van der Waals surface area (Å²) >= 11 is 1.68. The Hall–Kier alpha value is -2.28. The molecule has 2 heterocycles. The zero-order chi connectivity index (χ0) is 17.8. The molecule has 0 saturated heterocycles. The van der Waals surface area contributed by atoms with Crippen LogP contribution in [0.1, 0.15) is 27.9 Å². The molecule has 1 atom stereocenters. The molecule has 6 nitrogen and oxygen atoms in total. The van der Waals surface area contributed by atoms with Gasteiger partial charge in [-0.05, 0) is 26.0 Å². The third kappa shape index (κ3) is 4.22. The number of nitrogens with one attached hydrogen (secondary N) is 2. The van der Waals surface area contributed by atoms with Gasteiger partial charge in [0.2, 0.25) is 0 Å². The normalized spacial score (nSPS) is 16.3. The van der Waals surface area contributed by atoms with Gasteiger partial charge in [0.15, 0.2) is 5.96 Å². The third-order valence-corrected chi connectivity index (χ3v) is 4.96. The van der Waals surface area contributed by atoms with Gasteiger partial charge in [0.25, 0.3) is 0 Å². The van der Waals surface area contributed by atoms with Crippen molar-refractivity contribution in [3.05, 3.63) is 39.3 Å². The molecule has 25 heavy (non-hydrogen) atoms. The molecule has 0 radical (unpaired) electrons. The molecule has 2 aromatic rings. The van der Waals surface area contributed by atoms with Crippen molar-refractivity contribution < 1.29 is 9.47 Å². The van der Waals surface area contributed by atoms with Crippen molar-refractivity contribution in [2.45, 2.75) is 39.5 Å². The molecular formula is C18H24N4O2S. The van der Waals surface area contributed by atoms with Gasteiger partial charge >= 0.3 is 0 Å². The van der Waals surface area contributed by atoms with Crippen LogP contribution in [0.4, 0.5) is 0 Å². The molecular weight excluding hydrogens is 336 g/mol. The van der Waals surface area contributed by atoms with Gasteiger partial charge < -0.3 is 20.1 Å². The van der Waals surface area contributed by atoms with Crippen molar-refractivity contribution >= 4 is 17.3 Å². The Morgan fingerprint density at radius 1 is 1.40 bits per heavy atom. The Labute approximate surface area is 152 Å². The van der Waals surface area contributed by atoms with E-state index in [2.05, 4.69) is 46.6 Å². The summed E-state index contributed by atoms with van der Waals surface area (Å²) in [7, 11) is 3.45. The lowest BCUT2D eigenvalue weighted by atomic mass is 10.1. The first-order valence-electron chi connectivity index (χ1n) is 8.31. The Morgan fingerprint density at radius 3 is 2.88 bits per heavy atom. The highest BCUT2D eigenvalue weighted by atomic mass is 32.1. The number of aliphatic imine (C=N–C) groups is 1. The molecule has 0 spiro atoms. The lowest BCUT2D eigenvalue weighted by molar-refractivity contribution is 0.254. The van der Waals surface area contributed by atoms with Crippen LogP contribution in [0.2, 0.25) is 0 Å². The van der Waals surface area contributed by atoms with Gasteiger partial charge in [-0.25, -0.2) is 4.98 Å². The largest absolute Gasteiger partial charge is 0.496 e. The van der Waals surface area contributed by atoms with E-state index < -0.39 is 0 Å². The minimum atomic E-state index is 0.221. The molecule has 1 aromatic heterocycles. The van der Waals surface area contributed by atoms with Crippen LogP contribution < -0.4 is 20.1 Å². The molecule has 0 bridgehead atoms. The minimum absolute atomic E-state index is 0.221. The van der Waals surface area contributed by atoms with E-state index >= 15 is 0 Å². The summed E-state index contributed by atoms with van der Waals surface area (Å²) in [5, 5.41) is 7.64. The molecule has 134 valence electrons. The number of thiazole rings is 1. The molecule has 1 aliphatic heterocycles. The zero-order valence-corrected chi connectivity index (χ0v) is 15.9. The van der Waals surface area contributed by atoms with Crippen molar-refractivity contribution in [3.8, 4) is 11.5 Å². The van der Waals surface area contributed by atoms with E-state index in [0.717, 1.165) is 34.5 Å². The number of aryl methyl sites for hydroxylation is 1. The molecule has 3 rings (SSSR count). The number of benzene rings is 1. The fraction of sp³-hybridized carbons (Fsp3) is 0.444.